The minimum atomic E-state index is -0.354. The fourth-order valence-corrected chi connectivity index (χ4v) is 2.18. The van der Waals surface area contributed by atoms with Crippen LogP contribution in [-0.2, 0) is 6.54 Å². The highest BCUT2D eigenvalue weighted by Gasteiger charge is 2.11. The highest BCUT2D eigenvalue weighted by molar-refractivity contribution is 9.10. The molecule has 1 aromatic carbocycles. The van der Waals surface area contributed by atoms with Crippen LogP contribution in [0.2, 0.25) is 0 Å². The van der Waals surface area contributed by atoms with E-state index in [1.165, 1.54) is 0 Å². The van der Waals surface area contributed by atoms with Crippen LogP contribution in [0.3, 0.4) is 0 Å². The number of nitrogens with one attached hydrogen (secondary N) is 1. The lowest BCUT2D eigenvalue weighted by molar-refractivity contribution is 0.191. The van der Waals surface area contributed by atoms with Crippen LogP contribution in [0.4, 0.5) is 0 Å². The number of aliphatic hydroxyl groups is 1. The maximum absolute atomic E-state index is 9.26. The molecule has 0 fully saturated rings. The van der Waals surface area contributed by atoms with Gasteiger partial charge in [-0.25, -0.2) is 0 Å². The second-order valence-corrected chi connectivity index (χ2v) is 5.51. The first-order chi connectivity index (χ1) is 9.58. The molecule has 1 atom stereocenters. The normalized spacial score (nSPS) is 12.2. The highest BCUT2D eigenvalue weighted by atomic mass is 79.9. The molecular formula is C15H24BrNO3. The van der Waals surface area contributed by atoms with Crippen LogP contribution in [-0.4, -0.2) is 31.0 Å². The fourth-order valence-electron chi connectivity index (χ4n) is 1.72. The Hall–Kier alpha value is -0.780. The van der Waals surface area contributed by atoms with Crippen molar-refractivity contribution in [3.8, 4) is 11.5 Å². The summed E-state index contributed by atoms with van der Waals surface area (Å²) in [5.41, 5.74) is 1.08. The molecule has 0 radical (unpaired) electrons. The summed E-state index contributed by atoms with van der Waals surface area (Å²) in [4.78, 5) is 0. The molecule has 5 heteroatoms. The van der Waals surface area contributed by atoms with Gasteiger partial charge in [-0.3, -0.25) is 0 Å². The monoisotopic (exact) mass is 345 g/mol. The van der Waals surface area contributed by atoms with Crippen LogP contribution in [0.15, 0.2) is 16.6 Å². The predicted octanol–water partition coefficient (Wildman–Crippen LogP) is 3.11. The molecule has 20 heavy (non-hydrogen) atoms. The molecular weight excluding hydrogens is 322 g/mol. The van der Waals surface area contributed by atoms with Gasteiger partial charge in [-0.05, 0) is 38.0 Å². The number of hydrogen-bond acceptors (Lipinski definition) is 4. The molecule has 0 spiro atoms. The zero-order chi connectivity index (χ0) is 15.0. The van der Waals surface area contributed by atoms with E-state index in [0.717, 1.165) is 28.0 Å². The molecule has 2 N–H and O–H groups in total. The molecule has 0 saturated heterocycles. The Morgan fingerprint density at radius 3 is 2.55 bits per heavy atom. The molecule has 1 rings (SSSR count). The van der Waals surface area contributed by atoms with Crippen molar-refractivity contribution in [3.05, 3.63) is 22.2 Å². The summed E-state index contributed by atoms with van der Waals surface area (Å²) in [5.74, 6) is 1.53. The van der Waals surface area contributed by atoms with E-state index in [1.807, 2.05) is 19.1 Å². The first-order valence-electron chi connectivity index (χ1n) is 7.05. The zero-order valence-corrected chi connectivity index (χ0v) is 14.0. The Bertz CT molecular complexity index is 410. The summed E-state index contributed by atoms with van der Waals surface area (Å²) in [6, 6.07) is 3.92. The third-order valence-corrected chi connectivity index (χ3v) is 3.37. The maximum atomic E-state index is 9.26. The number of benzene rings is 1. The van der Waals surface area contributed by atoms with Crippen molar-refractivity contribution in [1.29, 1.82) is 0 Å². The molecule has 0 saturated carbocycles. The average Bonchev–Trinajstić information content (AvgIpc) is 2.40. The minimum absolute atomic E-state index is 0.354. The van der Waals surface area contributed by atoms with Gasteiger partial charge in [0.25, 0.3) is 0 Å². The Morgan fingerprint density at radius 1 is 1.25 bits per heavy atom. The fraction of sp³-hybridized carbons (Fsp3) is 0.600. The topological polar surface area (TPSA) is 50.7 Å². The van der Waals surface area contributed by atoms with Crippen LogP contribution in [0.25, 0.3) is 0 Å². The Balaban J connectivity index is 2.82. The first kappa shape index (κ1) is 17.3. The van der Waals surface area contributed by atoms with Crippen LogP contribution in [0.5, 0.6) is 11.5 Å². The molecule has 0 aliphatic carbocycles. The van der Waals surface area contributed by atoms with Gasteiger partial charge in [0.15, 0.2) is 11.5 Å². The van der Waals surface area contributed by atoms with Crippen molar-refractivity contribution in [1.82, 2.24) is 5.32 Å². The average molecular weight is 346 g/mol. The zero-order valence-electron chi connectivity index (χ0n) is 12.4. The molecule has 1 unspecified atom stereocenters. The predicted molar refractivity (Wildman–Crippen MR) is 84.5 cm³/mol. The number of rotatable bonds is 9. The van der Waals surface area contributed by atoms with Crippen molar-refractivity contribution < 1.29 is 14.6 Å². The van der Waals surface area contributed by atoms with Crippen molar-refractivity contribution in [2.45, 2.75) is 39.8 Å². The molecule has 1 aromatic rings. The largest absolute Gasteiger partial charge is 0.490 e. The second-order valence-electron chi connectivity index (χ2n) is 4.65. The lowest BCUT2D eigenvalue weighted by Crippen LogP contribution is -2.24. The van der Waals surface area contributed by atoms with Gasteiger partial charge in [0.05, 0.1) is 19.3 Å². The van der Waals surface area contributed by atoms with E-state index in [2.05, 4.69) is 28.2 Å². The third kappa shape index (κ3) is 5.69. The molecule has 114 valence electrons. The standard InChI is InChI=1S/C15H24BrNO3/c1-4-6-20-15-8-13(16)12(7-14(15)19-5-2)10-17-9-11(3)18/h7-8,11,17-18H,4-6,9-10H2,1-3H3. The van der Waals surface area contributed by atoms with Gasteiger partial charge >= 0.3 is 0 Å². The number of ether oxygens (including phenoxy) is 2. The van der Waals surface area contributed by atoms with Gasteiger partial charge in [-0.15, -0.1) is 0 Å². The first-order valence-corrected chi connectivity index (χ1v) is 7.84. The molecule has 0 aromatic heterocycles. The minimum Gasteiger partial charge on any atom is -0.490 e. The van der Waals surface area contributed by atoms with Crippen molar-refractivity contribution >= 4 is 15.9 Å². The number of aliphatic hydroxyl groups excluding tert-OH is 1. The number of halogens is 1. The van der Waals surface area contributed by atoms with Crippen LogP contribution < -0.4 is 14.8 Å². The van der Waals surface area contributed by atoms with E-state index in [9.17, 15) is 5.11 Å². The SMILES string of the molecule is CCCOc1cc(Br)c(CNCC(C)O)cc1OCC. The van der Waals surface area contributed by atoms with E-state index >= 15 is 0 Å². The van der Waals surface area contributed by atoms with E-state index in [4.69, 9.17) is 9.47 Å². The molecule has 0 aliphatic rings. The Kier molecular flexibility index (Phi) is 7.95. The van der Waals surface area contributed by atoms with Crippen molar-refractivity contribution in [2.24, 2.45) is 0 Å². The molecule has 4 nitrogen and oxygen atoms in total. The van der Waals surface area contributed by atoms with E-state index < -0.39 is 0 Å². The van der Waals surface area contributed by atoms with Gasteiger partial charge < -0.3 is 19.9 Å². The smallest absolute Gasteiger partial charge is 0.162 e. The van der Waals surface area contributed by atoms with Crippen molar-refractivity contribution in [2.75, 3.05) is 19.8 Å². The van der Waals surface area contributed by atoms with Gasteiger partial charge in [-0.2, -0.15) is 0 Å². The second kappa shape index (κ2) is 9.21. The molecule has 0 aliphatic heterocycles. The summed E-state index contributed by atoms with van der Waals surface area (Å²) >= 11 is 3.55. The molecule has 0 bridgehead atoms. The molecule has 0 amide bonds. The van der Waals surface area contributed by atoms with Crippen LogP contribution in [0, 0.1) is 0 Å². The quantitative estimate of drug-likeness (QED) is 0.721. The van der Waals surface area contributed by atoms with Gasteiger partial charge in [-0.1, -0.05) is 22.9 Å². The van der Waals surface area contributed by atoms with Crippen molar-refractivity contribution in [3.63, 3.8) is 0 Å². The van der Waals surface area contributed by atoms with Gasteiger partial charge in [0.1, 0.15) is 0 Å². The van der Waals surface area contributed by atoms with Gasteiger partial charge in [0, 0.05) is 17.6 Å². The summed E-state index contributed by atoms with van der Waals surface area (Å²) in [6.45, 7) is 8.29. The van der Waals surface area contributed by atoms with E-state index in [1.54, 1.807) is 6.92 Å². The van der Waals surface area contributed by atoms with Gasteiger partial charge in [0.2, 0.25) is 0 Å². The summed E-state index contributed by atoms with van der Waals surface area (Å²) in [6.07, 6.45) is 0.605. The lowest BCUT2D eigenvalue weighted by atomic mass is 10.2. The Morgan fingerprint density at radius 2 is 1.95 bits per heavy atom. The highest BCUT2D eigenvalue weighted by Crippen LogP contribution is 2.34. The summed E-state index contributed by atoms with van der Waals surface area (Å²) in [7, 11) is 0. The van der Waals surface area contributed by atoms with Crippen LogP contribution in [0.1, 0.15) is 32.8 Å². The number of hydrogen-bond donors (Lipinski definition) is 2. The lowest BCUT2D eigenvalue weighted by Gasteiger charge is -2.15. The van der Waals surface area contributed by atoms with Crippen LogP contribution >= 0.6 is 15.9 Å². The van der Waals surface area contributed by atoms with E-state index in [-0.39, 0.29) is 6.10 Å². The maximum Gasteiger partial charge on any atom is 0.162 e. The summed E-state index contributed by atoms with van der Waals surface area (Å²) < 4.78 is 12.3. The third-order valence-electron chi connectivity index (χ3n) is 2.63. The molecule has 0 heterocycles. The van der Waals surface area contributed by atoms with E-state index in [0.29, 0.717) is 26.3 Å². The Labute approximate surface area is 129 Å². The summed E-state index contributed by atoms with van der Waals surface area (Å²) in [5, 5.41) is 12.5.